The minimum Gasteiger partial charge on any atom is -0.507 e. The van der Waals surface area contributed by atoms with Crippen molar-refractivity contribution in [3.63, 3.8) is 0 Å². The average Bonchev–Trinajstić information content (AvgIpc) is 2.98. The van der Waals surface area contributed by atoms with Gasteiger partial charge in [-0.25, -0.2) is 0 Å². The van der Waals surface area contributed by atoms with E-state index in [9.17, 15) is 14.7 Å². The fourth-order valence-corrected chi connectivity index (χ4v) is 3.87. The number of aliphatic hydroxyl groups is 1. The van der Waals surface area contributed by atoms with Gasteiger partial charge in [0.25, 0.3) is 11.7 Å². The number of hydrogen-bond acceptors (Lipinski definition) is 3. The largest absolute Gasteiger partial charge is 0.507 e. The van der Waals surface area contributed by atoms with Gasteiger partial charge in [0.15, 0.2) is 0 Å². The van der Waals surface area contributed by atoms with Crippen LogP contribution in [-0.4, -0.2) is 48.9 Å². The molecule has 0 bridgehead atoms. The summed E-state index contributed by atoms with van der Waals surface area (Å²) < 4.78 is 0. The van der Waals surface area contributed by atoms with Gasteiger partial charge < -0.3 is 14.9 Å². The zero-order chi connectivity index (χ0) is 21.8. The Kier molecular flexibility index (Phi) is 6.73. The Morgan fingerprint density at radius 1 is 1.03 bits per heavy atom. The van der Waals surface area contributed by atoms with Gasteiger partial charge in [-0.2, -0.15) is 0 Å². The van der Waals surface area contributed by atoms with Crippen LogP contribution in [0.25, 0.3) is 5.76 Å². The quantitative estimate of drug-likeness (QED) is 0.422. The SMILES string of the molecule is CC(C)c1ccc([C@@H]2C(=C(O)c3ccccc3)C(=O)C(=O)N2CCC[NH+](C)C)cc1. The minimum atomic E-state index is -0.619. The molecule has 1 fully saturated rings. The highest BCUT2D eigenvalue weighted by Crippen LogP contribution is 2.39. The van der Waals surface area contributed by atoms with Crippen LogP contribution in [0.2, 0.25) is 0 Å². The lowest BCUT2D eigenvalue weighted by atomic mass is 9.93. The van der Waals surface area contributed by atoms with Gasteiger partial charge in [-0.1, -0.05) is 68.4 Å². The zero-order valence-corrected chi connectivity index (χ0v) is 18.2. The van der Waals surface area contributed by atoms with Crippen molar-refractivity contribution >= 4 is 17.4 Å². The van der Waals surface area contributed by atoms with E-state index < -0.39 is 17.7 Å². The molecule has 2 aromatic carbocycles. The monoisotopic (exact) mass is 407 g/mol. The van der Waals surface area contributed by atoms with E-state index in [1.807, 2.05) is 30.3 Å². The Hall–Kier alpha value is -2.92. The molecule has 1 aliphatic heterocycles. The Morgan fingerprint density at radius 2 is 1.67 bits per heavy atom. The second kappa shape index (κ2) is 9.26. The highest BCUT2D eigenvalue weighted by atomic mass is 16.3. The van der Waals surface area contributed by atoms with Crippen LogP contribution in [-0.2, 0) is 9.59 Å². The number of hydrogen-bond donors (Lipinski definition) is 2. The molecular weight excluding hydrogens is 376 g/mol. The van der Waals surface area contributed by atoms with E-state index >= 15 is 0 Å². The lowest BCUT2D eigenvalue weighted by Gasteiger charge is -2.26. The summed E-state index contributed by atoms with van der Waals surface area (Å²) in [4.78, 5) is 28.8. The number of rotatable bonds is 7. The van der Waals surface area contributed by atoms with Crippen LogP contribution < -0.4 is 4.90 Å². The molecule has 0 aliphatic carbocycles. The maximum atomic E-state index is 13.0. The van der Waals surface area contributed by atoms with E-state index in [1.165, 1.54) is 10.5 Å². The molecule has 1 saturated heterocycles. The molecule has 1 aliphatic rings. The van der Waals surface area contributed by atoms with E-state index in [2.05, 4.69) is 27.9 Å². The number of amides is 1. The van der Waals surface area contributed by atoms with Gasteiger partial charge in [0.05, 0.1) is 32.3 Å². The molecule has 0 spiro atoms. The van der Waals surface area contributed by atoms with Gasteiger partial charge in [-0.05, 0) is 17.0 Å². The van der Waals surface area contributed by atoms with E-state index in [0.717, 1.165) is 18.5 Å². The van der Waals surface area contributed by atoms with E-state index in [4.69, 9.17) is 0 Å². The van der Waals surface area contributed by atoms with Gasteiger partial charge in [0.2, 0.25) is 0 Å². The van der Waals surface area contributed by atoms with Gasteiger partial charge in [0.1, 0.15) is 5.76 Å². The number of nitrogens with zero attached hydrogens (tertiary/aromatic N) is 1. The third-order valence-electron chi connectivity index (χ3n) is 5.58. The lowest BCUT2D eigenvalue weighted by Crippen LogP contribution is -3.05. The minimum absolute atomic E-state index is 0.118. The van der Waals surface area contributed by atoms with Crippen LogP contribution in [0.4, 0.5) is 0 Å². The Balaban J connectivity index is 2.07. The summed E-state index contributed by atoms with van der Waals surface area (Å²) in [5, 5.41) is 11.0. The molecule has 158 valence electrons. The van der Waals surface area contributed by atoms with Crippen LogP contribution in [0.5, 0.6) is 0 Å². The number of benzene rings is 2. The topological polar surface area (TPSA) is 62.0 Å². The number of likely N-dealkylation sites (tertiary alicyclic amines) is 1. The standard InChI is InChI=1S/C25H30N2O3/c1-17(2)18-11-13-19(14-12-18)22-21(23(28)20-9-6-5-7-10-20)24(29)25(30)27(22)16-8-15-26(3)4/h5-7,9-14,17,22,28H,8,15-16H2,1-4H3/p+1/t22-/m1/s1. The molecule has 1 atom stereocenters. The molecule has 0 radical (unpaired) electrons. The number of carbonyl (C=O) groups excluding carboxylic acids is 2. The average molecular weight is 408 g/mol. The lowest BCUT2D eigenvalue weighted by molar-refractivity contribution is -0.858. The summed E-state index contributed by atoms with van der Waals surface area (Å²) in [6.07, 6.45) is 0.779. The van der Waals surface area contributed by atoms with Crippen molar-refractivity contribution in [2.75, 3.05) is 27.2 Å². The first-order chi connectivity index (χ1) is 14.3. The molecule has 3 rings (SSSR count). The van der Waals surface area contributed by atoms with Gasteiger partial charge in [-0.3, -0.25) is 9.59 Å². The first kappa shape index (κ1) is 21.8. The number of nitrogens with one attached hydrogen (secondary N) is 1. The van der Waals surface area contributed by atoms with Gasteiger partial charge in [0, 0.05) is 18.5 Å². The molecule has 5 heteroatoms. The van der Waals surface area contributed by atoms with Gasteiger partial charge >= 0.3 is 0 Å². The normalized spacial score (nSPS) is 18.6. The molecular formula is C25H31N2O3+. The highest BCUT2D eigenvalue weighted by Gasteiger charge is 2.45. The molecule has 1 heterocycles. The number of carbonyl (C=O) groups is 2. The predicted octanol–water partition coefficient (Wildman–Crippen LogP) is 2.77. The predicted molar refractivity (Wildman–Crippen MR) is 118 cm³/mol. The summed E-state index contributed by atoms with van der Waals surface area (Å²) in [5.74, 6) is -0.893. The van der Waals surface area contributed by atoms with Crippen molar-refractivity contribution < 1.29 is 19.6 Å². The van der Waals surface area contributed by atoms with E-state index in [0.29, 0.717) is 18.0 Å². The molecule has 0 aromatic heterocycles. The Labute approximate surface area is 178 Å². The maximum absolute atomic E-state index is 13.0. The molecule has 5 nitrogen and oxygen atoms in total. The third kappa shape index (κ3) is 4.46. The molecule has 1 amide bonds. The first-order valence-electron chi connectivity index (χ1n) is 10.5. The van der Waals surface area contributed by atoms with Crippen molar-refractivity contribution in [3.8, 4) is 0 Å². The molecule has 0 saturated carbocycles. The number of aliphatic hydroxyl groups excluding tert-OH is 1. The highest BCUT2D eigenvalue weighted by molar-refractivity contribution is 6.46. The van der Waals surface area contributed by atoms with Crippen molar-refractivity contribution in [2.24, 2.45) is 0 Å². The van der Waals surface area contributed by atoms with Crippen molar-refractivity contribution in [1.82, 2.24) is 4.90 Å². The number of quaternary nitrogens is 1. The van der Waals surface area contributed by atoms with Crippen molar-refractivity contribution in [2.45, 2.75) is 32.2 Å². The summed E-state index contributed by atoms with van der Waals surface area (Å²) in [5.41, 5.74) is 2.74. The smallest absolute Gasteiger partial charge is 0.295 e. The summed E-state index contributed by atoms with van der Waals surface area (Å²) in [6.45, 7) is 5.61. The molecule has 30 heavy (non-hydrogen) atoms. The van der Waals surface area contributed by atoms with E-state index in [-0.39, 0.29) is 11.3 Å². The second-order valence-electron chi connectivity index (χ2n) is 8.49. The maximum Gasteiger partial charge on any atom is 0.295 e. The summed E-state index contributed by atoms with van der Waals surface area (Å²) >= 11 is 0. The van der Waals surface area contributed by atoms with Crippen LogP contribution in [0.15, 0.2) is 60.2 Å². The van der Waals surface area contributed by atoms with Crippen LogP contribution >= 0.6 is 0 Å². The van der Waals surface area contributed by atoms with E-state index in [1.54, 1.807) is 29.2 Å². The second-order valence-corrected chi connectivity index (χ2v) is 8.49. The number of ketones is 1. The molecule has 2 N–H and O–H groups in total. The summed E-state index contributed by atoms with van der Waals surface area (Å²) in [7, 11) is 4.12. The van der Waals surface area contributed by atoms with Crippen LogP contribution in [0.3, 0.4) is 0 Å². The Morgan fingerprint density at radius 3 is 2.23 bits per heavy atom. The number of Topliss-reactive ketones (excluding diaryl/α,β-unsaturated/α-hetero) is 1. The first-order valence-corrected chi connectivity index (χ1v) is 10.5. The zero-order valence-electron chi connectivity index (χ0n) is 18.2. The van der Waals surface area contributed by atoms with Crippen molar-refractivity contribution in [1.29, 1.82) is 0 Å². The Bertz CT molecular complexity index is 931. The fourth-order valence-electron chi connectivity index (χ4n) is 3.87. The van der Waals surface area contributed by atoms with Crippen LogP contribution in [0, 0.1) is 0 Å². The third-order valence-corrected chi connectivity index (χ3v) is 5.58. The van der Waals surface area contributed by atoms with Crippen molar-refractivity contribution in [3.05, 3.63) is 76.9 Å². The molecule has 0 unspecified atom stereocenters. The summed E-state index contributed by atoms with van der Waals surface area (Å²) in [6, 6.07) is 16.4. The molecule has 2 aromatic rings. The fraction of sp³-hybridized carbons (Fsp3) is 0.360. The van der Waals surface area contributed by atoms with Crippen LogP contribution in [0.1, 0.15) is 48.9 Å². The van der Waals surface area contributed by atoms with Gasteiger partial charge in [-0.15, -0.1) is 0 Å².